The second kappa shape index (κ2) is 8.00. The second-order valence-electron chi connectivity index (χ2n) is 10.2. The van der Waals surface area contributed by atoms with Crippen LogP contribution in [0.2, 0.25) is 5.02 Å². The Morgan fingerprint density at radius 1 is 1.19 bits per heavy atom. The minimum atomic E-state index is -1.00. The van der Waals surface area contributed by atoms with Gasteiger partial charge in [-0.05, 0) is 85.6 Å². The topological polar surface area (TPSA) is 65.5 Å². The molecule has 6 rings (SSSR count). The van der Waals surface area contributed by atoms with Gasteiger partial charge in [0.2, 0.25) is 0 Å². The summed E-state index contributed by atoms with van der Waals surface area (Å²) in [6.07, 6.45) is 6.28. The molecule has 170 valence electrons. The number of nitrogens with zero attached hydrogens (tertiary/aromatic N) is 2. The molecule has 2 aliphatic carbocycles. The van der Waals surface area contributed by atoms with Gasteiger partial charge in [-0.3, -0.25) is 4.21 Å². The Morgan fingerprint density at radius 3 is 2.53 bits per heavy atom. The molecule has 2 saturated carbocycles. The van der Waals surface area contributed by atoms with E-state index in [1.54, 1.807) is 0 Å². The van der Waals surface area contributed by atoms with Crippen LogP contribution < -0.4 is 10.2 Å². The van der Waals surface area contributed by atoms with Crippen molar-refractivity contribution in [2.24, 2.45) is 11.8 Å². The van der Waals surface area contributed by atoms with Crippen molar-refractivity contribution in [2.75, 3.05) is 35.7 Å². The van der Waals surface area contributed by atoms with E-state index >= 15 is 0 Å². The first-order valence-corrected chi connectivity index (χ1v) is 13.5. The molecule has 0 spiro atoms. The number of anilines is 2. The molecule has 5 nitrogen and oxygen atoms in total. The highest BCUT2D eigenvalue weighted by Crippen LogP contribution is 2.48. The highest BCUT2D eigenvalue weighted by atomic mass is 35.5. The third-order valence-electron chi connectivity index (χ3n) is 8.23. The van der Waals surface area contributed by atoms with Gasteiger partial charge in [0.05, 0.1) is 27.8 Å². The number of hydrogen-bond acceptors (Lipinski definition) is 5. The third kappa shape index (κ3) is 3.55. The van der Waals surface area contributed by atoms with Gasteiger partial charge in [-0.15, -0.1) is 0 Å². The first-order valence-electron chi connectivity index (χ1n) is 11.9. The molecule has 1 aromatic heterocycles. The second-order valence-corrected chi connectivity index (χ2v) is 12.1. The highest BCUT2D eigenvalue weighted by molar-refractivity contribution is 7.85. The smallest absolute Gasteiger partial charge is 0.145 e. The summed E-state index contributed by atoms with van der Waals surface area (Å²) in [6.45, 7) is 2.17. The fourth-order valence-electron chi connectivity index (χ4n) is 6.23. The Morgan fingerprint density at radius 2 is 1.91 bits per heavy atom. The van der Waals surface area contributed by atoms with Crippen LogP contribution in [0.3, 0.4) is 0 Å². The Hall–Kier alpha value is -1.63. The van der Waals surface area contributed by atoms with E-state index in [4.69, 9.17) is 16.6 Å². The fraction of sp³-hybridized carbons (Fsp3) is 0.560. The van der Waals surface area contributed by atoms with Gasteiger partial charge in [0, 0.05) is 23.9 Å². The van der Waals surface area contributed by atoms with Gasteiger partial charge < -0.3 is 15.3 Å². The average molecular weight is 472 g/mol. The molecule has 4 aliphatic rings. The Labute approximate surface area is 197 Å². The van der Waals surface area contributed by atoms with Crippen molar-refractivity contribution in [3.8, 4) is 0 Å². The van der Waals surface area contributed by atoms with E-state index in [1.165, 1.54) is 24.0 Å². The third-order valence-corrected chi connectivity index (χ3v) is 9.97. The number of aromatic nitrogens is 1. The van der Waals surface area contributed by atoms with Gasteiger partial charge in [0.1, 0.15) is 11.6 Å². The molecule has 3 fully saturated rings. The van der Waals surface area contributed by atoms with E-state index in [0.29, 0.717) is 23.5 Å². The van der Waals surface area contributed by atoms with Crippen LogP contribution >= 0.6 is 11.6 Å². The summed E-state index contributed by atoms with van der Waals surface area (Å²) >= 11 is 6.07. The maximum Gasteiger partial charge on any atom is 0.145 e. The first-order chi connectivity index (χ1) is 15.5. The highest BCUT2D eigenvalue weighted by Gasteiger charge is 2.43. The zero-order valence-electron chi connectivity index (χ0n) is 18.2. The van der Waals surface area contributed by atoms with E-state index < -0.39 is 10.8 Å². The van der Waals surface area contributed by atoms with Crippen LogP contribution in [0.15, 0.2) is 35.2 Å². The van der Waals surface area contributed by atoms with Gasteiger partial charge in [-0.2, -0.15) is 0 Å². The number of fused-ring (bicyclic) bond motifs is 2. The van der Waals surface area contributed by atoms with Crippen LogP contribution in [-0.2, 0) is 17.2 Å². The van der Waals surface area contributed by atoms with Crippen LogP contribution in [-0.4, -0.2) is 45.3 Å². The molecule has 3 atom stereocenters. The van der Waals surface area contributed by atoms with Crippen molar-refractivity contribution in [1.82, 2.24) is 4.98 Å². The predicted molar refractivity (Wildman–Crippen MR) is 129 cm³/mol. The average Bonchev–Trinajstić information content (AvgIpc) is 3.44. The normalized spacial score (nSPS) is 30.1. The number of aliphatic hydroxyl groups excluding tert-OH is 1. The Kier molecular flexibility index (Phi) is 5.23. The summed E-state index contributed by atoms with van der Waals surface area (Å²) < 4.78 is 12.7. The van der Waals surface area contributed by atoms with E-state index in [0.717, 1.165) is 60.3 Å². The maximum atomic E-state index is 12.7. The monoisotopic (exact) mass is 471 g/mol. The van der Waals surface area contributed by atoms with Crippen molar-refractivity contribution in [2.45, 2.75) is 54.9 Å². The summed E-state index contributed by atoms with van der Waals surface area (Å²) in [6, 6.07) is 10.6. The summed E-state index contributed by atoms with van der Waals surface area (Å²) in [5, 5.41) is 14.3. The van der Waals surface area contributed by atoms with Crippen molar-refractivity contribution in [1.29, 1.82) is 0 Å². The molecule has 3 unspecified atom stereocenters. The summed E-state index contributed by atoms with van der Waals surface area (Å²) in [4.78, 5) is 8.31. The minimum Gasteiger partial charge on any atom is -0.394 e. The molecule has 2 aliphatic heterocycles. The van der Waals surface area contributed by atoms with Crippen LogP contribution in [0.5, 0.6) is 0 Å². The molecule has 0 radical (unpaired) electrons. The number of rotatable bonds is 5. The lowest BCUT2D eigenvalue weighted by Gasteiger charge is -2.41. The first kappa shape index (κ1) is 20.9. The Bertz CT molecular complexity index is 1040. The van der Waals surface area contributed by atoms with Crippen LogP contribution in [0.1, 0.15) is 49.1 Å². The molecule has 0 bridgehead atoms. The van der Waals surface area contributed by atoms with Crippen molar-refractivity contribution in [3.05, 3.63) is 46.5 Å². The Balaban J connectivity index is 1.22. The number of benzene rings is 1. The van der Waals surface area contributed by atoms with Gasteiger partial charge in [0.15, 0.2) is 0 Å². The fourth-order valence-corrected chi connectivity index (χ4v) is 7.73. The lowest BCUT2D eigenvalue weighted by atomic mass is 9.77. The number of aliphatic hydroxyl groups is 1. The molecule has 2 aromatic rings. The standard InChI is InChI=1S/C25H30ClN3O2S/c26-21-4-2-16(3-5-21)18-10-19-13-29(14-20(19)11-18)22-12-17-6-9-32(31)23(17)24(27-22)28-25(15-30)7-1-8-25/h2-5,12,18-20,30H,1,6-11,13-15H2,(H,27,28). The summed E-state index contributed by atoms with van der Waals surface area (Å²) in [7, 11) is -1.00. The number of aryl methyl sites for hydroxylation is 1. The minimum absolute atomic E-state index is 0.0975. The number of pyridine rings is 1. The molecular weight excluding hydrogens is 442 g/mol. The molecule has 3 heterocycles. The molecule has 0 amide bonds. The van der Waals surface area contributed by atoms with E-state index in [9.17, 15) is 9.32 Å². The van der Waals surface area contributed by atoms with Crippen molar-refractivity contribution < 1.29 is 9.32 Å². The molecule has 1 aromatic carbocycles. The van der Waals surface area contributed by atoms with Crippen LogP contribution in [0, 0.1) is 11.8 Å². The number of nitrogens with one attached hydrogen (secondary N) is 1. The van der Waals surface area contributed by atoms with Crippen molar-refractivity contribution >= 4 is 34.0 Å². The van der Waals surface area contributed by atoms with Crippen LogP contribution in [0.25, 0.3) is 0 Å². The maximum absolute atomic E-state index is 12.7. The lowest BCUT2D eigenvalue weighted by Crippen LogP contribution is -2.48. The van der Waals surface area contributed by atoms with E-state index in [2.05, 4.69) is 28.4 Å². The summed E-state index contributed by atoms with van der Waals surface area (Å²) in [5.74, 6) is 4.43. The van der Waals surface area contributed by atoms with Gasteiger partial charge in [0.25, 0.3) is 0 Å². The van der Waals surface area contributed by atoms with E-state index in [1.807, 2.05) is 12.1 Å². The lowest BCUT2D eigenvalue weighted by molar-refractivity contribution is 0.143. The molecule has 1 saturated heterocycles. The quantitative estimate of drug-likeness (QED) is 0.678. The largest absolute Gasteiger partial charge is 0.394 e. The zero-order chi connectivity index (χ0) is 21.9. The molecular formula is C25H30ClN3O2S. The van der Waals surface area contributed by atoms with E-state index in [-0.39, 0.29) is 12.1 Å². The number of hydrogen-bond donors (Lipinski definition) is 2. The molecule has 7 heteroatoms. The van der Waals surface area contributed by atoms with Crippen LogP contribution in [0.4, 0.5) is 11.6 Å². The molecule has 32 heavy (non-hydrogen) atoms. The van der Waals surface area contributed by atoms with Gasteiger partial charge in [-0.25, -0.2) is 4.98 Å². The number of halogens is 1. The zero-order valence-corrected chi connectivity index (χ0v) is 19.8. The van der Waals surface area contributed by atoms with Crippen molar-refractivity contribution in [3.63, 3.8) is 0 Å². The van der Waals surface area contributed by atoms with Gasteiger partial charge >= 0.3 is 0 Å². The summed E-state index contributed by atoms with van der Waals surface area (Å²) in [5.41, 5.74) is 2.29. The predicted octanol–water partition coefficient (Wildman–Crippen LogP) is 4.36. The van der Waals surface area contributed by atoms with Gasteiger partial charge in [-0.1, -0.05) is 23.7 Å². The SMILES string of the molecule is O=S1CCc2cc(N3CC4CC(c5ccc(Cl)cc5)CC4C3)nc(NC3(CO)CCC3)c21. The molecule has 2 N–H and O–H groups in total.